The molecule has 0 heterocycles. The minimum absolute atomic E-state index is 0.520. The van der Waals surface area contributed by atoms with Crippen molar-refractivity contribution >= 4 is 29.1 Å². The highest BCUT2D eigenvalue weighted by molar-refractivity contribution is 7.98. The topological polar surface area (TPSA) is 15.3 Å². The average molecular weight is 287 g/mol. The van der Waals surface area contributed by atoms with Gasteiger partial charge < -0.3 is 10.2 Å². The summed E-state index contributed by atoms with van der Waals surface area (Å²) in [6.07, 6.45) is 3.34. The van der Waals surface area contributed by atoms with Gasteiger partial charge in [0.2, 0.25) is 0 Å². The maximum atomic E-state index is 6.29. The number of thioether (sulfide) groups is 1. The van der Waals surface area contributed by atoms with E-state index in [-0.39, 0.29) is 0 Å². The van der Waals surface area contributed by atoms with Crippen LogP contribution >= 0.6 is 23.4 Å². The molecular weight excluding hydrogens is 264 g/mol. The second kappa shape index (κ2) is 7.93. The highest BCUT2D eigenvalue weighted by Crippen LogP contribution is 2.28. The van der Waals surface area contributed by atoms with Crippen molar-refractivity contribution in [2.45, 2.75) is 25.9 Å². The smallest absolute Gasteiger partial charge is 0.0471 e. The highest BCUT2D eigenvalue weighted by Gasteiger charge is 2.14. The predicted molar refractivity (Wildman–Crippen MR) is 85.1 cm³/mol. The van der Waals surface area contributed by atoms with Crippen molar-refractivity contribution in [1.29, 1.82) is 0 Å². The number of benzene rings is 1. The highest BCUT2D eigenvalue weighted by atomic mass is 35.5. The summed E-state index contributed by atoms with van der Waals surface area (Å²) >= 11 is 8.19. The number of halogens is 1. The number of anilines is 1. The molecule has 0 aromatic heterocycles. The lowest BCUT2D eigenvalue weighted by molar-refractivity contribution is 0.664. The molecule has 0 aliphatic heterocycles. The van der Waals surface area contributed by atoms with Gasteiger partial charge in [-0.25, -0.2) is 0 Å². The van der Waals surface area contributed by atoms with Crippen molar-refractivity contribution < 1.29 is 0 Å². The fourth-order valence-electron chi connectivity index (χ4n) is 1.95. The molecule has 0 spiro atoms. The number of nitrogens with zero attached hydrogens (tertiary/aromatic N) is 1. The van der Waals surface area contributed by atoms with Gasteiger partial charge in [-0.3, -0.25) is 0 Å². The first kappa shape index (κ1) is 15.7. The quantitative estimate of drug-likeness (QED) is 0.824. The third-order valence-corrected chi connectivity index (χ3v) is 4.23. The molecule has 1 unspecified atom stereocenters. The van der Waals surface area contributed by atoms with Gasteiger partial charge in [-0.2, -0.15) is 11.8 Å². The minimum atomic E-state index is 0.520. The van der Waals surface area contributed by atoms with Gasteiger partial charge in [0, 0.05) is 35.9 Å². The van der Waals surface area contributed by atoms with E-state index in [9.17, 15) is 0 Å². The average Bonchev–Trinajstić information content (AvgIpc) is 2.37. The molecule has 0 bridgehead atoms. The molecule has 1 aromatic rings. The van der Waals surface area contributed by atoms with Crippen LogP contribution in [0.5, 0.6) is 0 Å². The van der Waals surface area contributed by atoms with Gasteiger partial charge in [-0.15, -0.1) is 0 Å². The molecule has 1 atom stereocenters. The standard InChI is InChI=1S/C14H23ClN2S/c1-11(8-9-18-4)17(3)14-7-5-6-13(15)12(14)10-16-2/h5-7,11,16H,8-10H2,1-4H3. The molecule has 1 N–H and O–H groups in total. The van der Waals surface area contributed by atoms with Gasteiger partial charge in [0.25, 0.3) is 0 Å². The molecule has 18 heavy (non-hydrogen) atoms. The summed E-state index contributed by atoms with van der Waals surface area (Å²) in [6, 6.07) is 6.65. The Morgan fingerprint density at radius 3 is 2.78 bits per heavy atom. The number of hydrogen-bond donors (Lipinski definition) is 1. The Bertz CT molecular complexity index is 371. The van der Waals surface area contributed by atoms with Crippen LogP contribution in [-0.2, 0) is 6.54 Å². The molecule has 0 aliphatic rings. The molecule has 4 heteroatoms. The van der Waals surface area contributed by atoms with E-state index in [1.165, 1.54) is 23.4 Å². The Morgan fingerprint density at radius 1 is 1.44 bits per heavy atom. The molecule has 0 radical (unpaired) electrons. The van der Waals surface area contributed by atoms with Crippen LogP contribution < -0.4 is 10.2 Å². The van der Waals surface area contributed by atoms with Crippen LogP contribution in [0, 0.1) is 0 Å². The molecule has 1 rings (SSSR count). The molecule has 102 valence electrons. The molecule has 1 aromatic carbocycles. The van der Waals surface area contributed by atoms with Crippen molar-refractivity contribution in [3.8, 4) is 0 Å². The summed E-state index contributed by atoms with van der Waals surface area (Å²) < 4.78 is 0. The van der Waals surface area contributed by atoms with E-state index in [0.717, 1.165) is 11.6 Å². The summed E-state index contributed by atoms with van der Waals surface area (Å²) in [5.41, 5.74) is 2.41. The summed E-state index contributed by atoms with van der Waals surface area (Å²) in [6.45, 7) is 3.06. The maximum absolute atomic E-state index is 6.29. The van der Waals surface area contributed by atoms with E-state index in [4.69, 9.17) is 11.6 Å². The van der Waals surface area contributed by atoms with Crippen molar-refractivity contribution in [3.05, 3.63) is 28.8 Å². The molecule has 0 amide bonds. The van der Waals surface area contributed by atoms with Crippen LogP contribution in [0.4, 0.5) is 5.69 Å². The third kappa shape index (κ3) is 4.08. The first-order valence-electron chi connectivity index (χ1n) is 6.25. The SMILES string of the molecule is CNCc1c(Cl)cccc1N(C)C(C)CCSC. The van der Waals surface area contributed by atoms with Crippen molar-refractivity contribution in [2.75, 3.05) is 31.0 Å². The first-order valence-corrected chi connectivity index (χ1v) is 8.02. The van der Waals surface area contributed by atoms with Crippen LogP contribution in [0.25, 0.3) is 0 Å². The predicted octanol–water partition coefficient (Wildman–Crippen LogP) is 3.64. The fourth-order valence-corrected chi connectivity index (χ4v) is 2.76. The van der Waals surface area contributed by atoms with E-state index in [1.807, 2.05) is 30.9 Å². The molecule has 2 nitrogen and oxygen atoms in total. The molecule has 0 saturated heterocycles. The Labute approximate surface area is 120 Å². The Morgan fingerprint density at radius 2 is 2.17 bits per heavy atom. The molecule has 0 aliphatic carbocycles. The number of rotatable bonds is 7. The van der Waals surface area contributed by atoms with Gasteiger partial charge >= 0.3 is 0 Å². The summed E-state index contributed by atoms with van der Waals surface area (Å²) in [5.74, 6) is 1.19. The maximum Gasteiger partial charge on any atom is 0.0471 e. The summed E-state index contributed by atoms with van der Waals surface area (Å²) in [5, 5.41) is 4.03. The van der Waals surface area contributed by atoms with E-state index < -0.39 is 0 Å². The van der Waals surface area contributed by atoms with Crippen molar-refractivity contribution in [2.24, 2.45) is 0 Å². The monoisotopic (exact) mass is 286 g/mol. The zero-order valence-electron chi connectivity index (χ0n) is 11.7. The van der Waals surface area contributed by atoms with Crippen LogP contribution in [0.15, 0.2) is 18.2 Å². The lowest BCUT2D eigenvalue weighted by Gasteiger charge is -2.29. The Kier molecular flexibility index (Phi) is 6.90. The van der Waals surface area contributed by atoms with Crippen molar-refractivity contribution in [3.63, 3.8) is 0 Å². The normalized spacial score (nSPS) is 12.5. The largest absolute Gasteiger partial charge is 0.372 e. The van der Waals surface area contributed by atoms with Gasteiger partial charge in [-0.05, 0) is 44.5 Å². The third-order valence-electron chi connectivity index (χ3n) is 3.23. The lowest BCUT2D eigenvalue weighted by Crippen LogP contribution is -2.30. The number of nitrogens with one attached hydrogen (secondary N) is 1. The molecule has 0 fully saturated rings. The first-order chi connectivity index (χ1) is 8.61. The second-order valence-electron chi connectivity index (χ2n) is 4.51. The van der Waals surface area contributed by atoms with Gasteiger partial charge in [0.05, 0.1) is 0 Å². The van der Waals surface area contributed by atoms with E-state index >= 15 is 0 Å². The molecule has 0 saturated carbocycles. The Hall–Kier alpha value is -0.380. The Balaban J connectivity index is 2.90. The minimum Gasteiger partial charge on any atom is -0.372 e. The zero-order chi connectivity index (χ0) is 13.5. The van der Waals surface area contributed by atoms with Crippen LogP contribution in [-0.4, -0.2) is 32.1 Å². The molecular formula is C14H23ClN2S. The second-order valence-corrected chi connectivity index (χ2v) is 5.90. The number of hydrogen-bond acceptors (Lipinski definition) is 3. The lowest BCUT2D eigenvalue weighted by atomic mass is 10.1. The summed E-state index contributed by atoms with van der Waals surface area (Å²) in [4.78, 5) is 2.33. The van der Waals surface area contributed by atoms with E-state index in [1.54, 1.807) is 0 Å². The van der Waals surface area contributed by atoms with Gasteiger partial charge in [0.1, 0.15) is 0 Å². The van der Waals surface area contributed by atoms with Crippen LogP contribution in [0.1, 0.15) is 18.9 Å². The van der Waals surface area contributed by atoms with Gasteiger partial charge in [0.15, 0.2) is 0 Å². The summed E-state index contributed by atoms with van der Waals surface area (Å²) in [7, 11) is 4.10. The van der Waals surface area contributed by atoms with Crippen LogP contribution in [0.3, 0.4) is 0 Å². The van der Waals surface area contributed by atoms with E-state index in [0.29, 0.717) is 6.04 Å². The van der Waals surface area contributed by atoms with Crippen LogP contribution in [0.2, 0.25) is 5.02 Å². The zero-order valence-corrected chi connectivity index (χ0v) is 13.2. The van der Waals surface area contributed by atoms with Crippen molar-refractivity contribution in [1.82, 2.24) is 5.32 Å². The van der Waals surface area contributed by atoms with E-state index in [2.05, 4.69) is 36.5 Å². The fraction of sp³-hybridized carbons (Fsp3) is 0.571. The van der Waals surface area contributed by atoms with Gasteiger partial charge in [-0.1, -0.05) is 17.7 Å².